The van der Waals surface area contributed by atoms with Crippen LogP contribution in [0.15, 0.2) is 65.6 Å². The van der Waals surface area contributed by atoms with Gasteiger partial charge in [-0.3, -0.25) is 14.4 Å². The fourth-order valence-electron chi connectivity index (χ4n) is 4.25. The Bertz CT molecular complexity index is 1610. The second-order valence-electron chi connectivity index (χ2n) is 8.47. The number of benzene rings is 3. The maximum Gasteiger partial charge on any atom is 0.244 e. The Kier molecular flexibility index (Phi) is 6.93. The van der Waals surface area contributed by atoms with Crippen molar-refractivity contribution >= 4 is 39.9 Å². The lowest BCUT2D eigenvalue weighted by Gasteiger charge is -2.20. The summed E-state index contributed by atoms with van der Waals surface area (Å²) in [6.45, 7) is 0.505. The monoisotopic (exact) mass is 534 g/mol. The number of aromatic nitrogens is 1. The molecule has 38 heavy (non-hydrogen) atoms. The van der Waals surface area contributed by atoms with Crippen molar-refractivity contribution in [3.8, 4) is 23.0 Å². The van der Waals surface area contributed by atoms with Crippen molar-refractivity contribution in [2.75, 3.05) is 32.8 Å². The number of pyridine rings is 1. The lowest BCUT2D eigenvalue weighted by Crippen LogP contribution is -2.25. The Balaban J connectivity index is 1.56. The van der Waals surface area contributed by atoms with E-state index in [2.05, 4.69) is 5.32 Å². The maximum atomic E-state index is 13.5. The summed E-state index contributed by atoms with van der Waals surface area (Å²) in [5.74, 6) is 0.958. The topological polar surface area (TPSA) is 105 Å². The third kappa shape index (κ3) is 4.88. The molecule has 0 fully saturated rings. The first-order valence-electron chi connectivity index (χ1n) is 11.7. The minimum atomic E-state index is -0.488. The molecule has 2 heterocycles. The molecule has 9 nitrogen and oxygen atoms in total. The van der Waals surface area contributed by atoms with Crippen LogP contribution in [0.1, 0.15) is 15.9 Å². The van der Waals surface area contributed by atoms with Gasteiger partial charge in [-0.25, -0.2) is 0 Å². The predicted molar refractivity (Wildman–Crippen MR) is 142 cm³/mol. The van der Waals surface area contributed by atoms with Crippen LogP contribution in [-0.2, 0) is 11.3 Å². The second kappa shape index (κ2) is 10.5. The lowest BCUT2D eigenvalue weighted by molar-refractivity contribution is -0.116. The van der Waals surface area contributed by atoms with Crippen molar-refractivity contribution in [1.29, 1.82) is 0 Å². The average molecular weight is 535 g/mol. The fourth-order valence-corrected chi connectivity index (χ4v) is 4.37. The van der Waals surface area contributed by atoms with E-state index in [0.717, 1.165) is 0 Å². The van der Waals surface area contributed by atoms with E-state index in [4.69, 9.17) is 30.5 Å². The van der Waals surface area contributed by atoms with Gasteiger partial charge in [0, 0.05) is 34.6 Å². The Morgan fingerprint density at radius 1 is 0.947 bits per heavy atom. The van der Waals surface area contributed by atoms with Crippen molar-refractivity contribution in [3.05, 3.63) is 87.2 Å². The molecule has 0 atom stereocenters. The third-order valence-electron chi connectivity index (χ3n) is 6.08. The van der Waals surface area contributed by atoms with Gasteiger partial charge in [0.1, 0.15) is 19.8 Å². The predicted octanol–water partition coefficient (Wildman–Crippen LogP) is 4.31. The number of anilines is 1. The highest BCUT2D eigenvalue weighted by Gasteiger charge is 2.22. The van der Waals surface area contributed by atoms with Crippen molar-refractivity contribution in [2.24, 2.45) is 0 Å². The molecule has 0 bridgehead atoms. The standard InChI is InChI=1S/C28H23ClN2O7/c1-35-22-8-7-18(11-23(22)36-2)30-26(32)15-31-14-20(27(33)16-3-5-17(29)6-4-16)28(34)19-12-24-25(13-21(19)31)38-10-9-37-24/h3-8,11-14H,9-10,15H2,1-2H3,(H,30,32). The number of hydrogen-bond donors (Lipinski definition) is 1. The first kappa shape index (κ1) is 25.2. The van der Waals surface area contributed by atoms with Crippen LogP contribution in [0.5, 0.6) is 23.0 Å². The molecule has 1 N–H and O–H groups in total. The third-order valence-corrected chi connectivity index (χ3v) is 6.33. The normalized spacial score (nSPS) is 12.2. The van der Waals surface area contributed by atoms with E-state index in [-0.39, 0.29) is 23.4 Å². The number of rotatable bonds is 7. The summed E-state index contributed by atoms with van der Waals surface area (Å²) in [6.07, 6.45) is 1.39. The van der Waals surface area contributed by atoms with Crippen molar-refractivity contribution < 1.29 is 28.5 Å². The van der Waals surface area contributed by atoms with Gasteiger partial charge in [0.05, 0.1) is 30.7 Å². The zero-order chi connectivity index (χ0) is 26.8. The highest BCUT2D eigenvalue weighted by molar-refractivity contribution is 6.30. The first-order valence-corrected chi connectivity index (χ1v) is 12.0. The molecular formula is C28H23ClN2O7. The Morgan fingerprint density at radius 2 is 1.63 bits per heavy atom. The largest absolute Gasteiger partial charge is 0.493 e. The van der Waals surface area contributed by atoms with Crippen LogP contribution in [0.3, 0.4) is 0 Å². The van der Waals surface area contributed by atoms with E-state index in [9.17, 15) is 14.4 Å². The second-order valence-corrected chi connectivity index (χ2v) is 8.90. The number of halogens is 1. The van der Waals surface area contributed by atoms with Crippen molar-refractivity contribution in [2.45, 2.75) is 6.54 Å². The minimum Gasteiger partial charge on any atom is -0.493 e. The number of amides is 1. The lowest BCUT2D eigenvalue weighted by atomic mass is 10.0. The molecule has 0 saturated carbocycles. The summed E-state index contributed by atoms with van der Waals surface area (Å²) in [4.78, 5) is 39.9. The van der Waals surface area contributed by atoms with Crippen LogP contribution in [0.4, 0.5) is 5.69 Å². The Hall–Kier alpha value is -4.50. The minimum absolute atomic E-state index is 0.0876. The van der Waals surface area contributed by atoms with Gasteiger partial charge in [-0.15, -0.1) is 0 Å². The summed E-state index contributed by atoms with van der Waals surface area (Å²) in [5.41, 5.74) is 0.646. The van der Waals surface area contributed by atoms with Gasteiger partial charge in [0.2, 0.25) is 11.3 Å². The summed E-state index contributed by atoms with van der Waals surface area (Å²) in [6, 6.07) is 14.4. The number of ketones is 1. The van der Waals surface area contributed by atoms with Crippen molar-refractivity contribution in [3.63, 3.8) is 0 Å². The molecule has 194 valence electrons. The maximum absolute atomic E-state index is 13.5. The highest BCUT2D eigenvalue weighted by atomic mass is 35.5. The number of nitrogens with zero attached hydrogens (tertiary/aromatic N) is 1. The number of hydrogen-bond acceptors (Lipinski definition) is 7. The molecule has 3 aromatic carbocycles. The number of carbonyl (C=O) groups is 2. The Labute approximate surface area is 222 Å². The van der Waals surface area contributed by atoms with E-state index in [0.29, 0.717) is 58.0 Å². The molecular weight excluding hydrogens is 512 g/mol. The van der Waals surface area contributed by atoms with Crippen LogP contribution in [-0.4, -0.2) is 43.7 Å². The first-order chi connectivity index (χ1) is 18.4. The molecule has 5 rings (SSSR count). The van der Waals surface area contributed by atoms with E-state index in [1.807, 2.05) is 0 Å². The fraction of sp³-hybridized carbons (Fsp3) is 0.179. The molecule has 1 aliphatic heterocycles. The summed E-state index contributed by atoms with van der Waals surface area (Å²) >= 11 is 5.96. The van der Waals surface area contributed by atoms with E-state index in [1.165, 1.54) is 20.4 Å². The number of ether oxygens (including phenoxy) is 4. The molecule has 0 saturated heterocycles. The summed E-state index contributed by atoms with van der Waals surface area (Å²) < 4.78 is 23.4. The quantitative estimate of drug-likeness (QED) is 0.352. The smallest absolute Gasteiger partial charge is 0.244 e. The zero-order valence-corrected chi connectivity index (χ0v) is 21.3. The van der Waals surface area contributed by atoms with Crippen LogP contribution in [0.25, 0.3) is 10.9 Å². The number of carbonyl (C=O) groups excluding carboxylic acids is 2. The molecule has 1 aromatic heterocycles. The van der Waals surface area contributed by atoms with Gasteiger partial charge in [-0.2, -0.15) is 0 Å². The van der Waals surface area contributed by atoms with Gasteiger partial charge in [0.25, 0.3) is 0 Å². The molecule has 10 heteroatoms. The van der Waals surface area contributed by atoms with Gasteiger partial charge in [-0.05, 0) is 42.5 Å². The zero-order valence-electron chi connectivity index (χ0n) is 20.6. The van der Waals surface area contributed by atoms with Gasteiger partial charge >= 0.3 is 0 Å². The molecule has 0 spiro atoms. The van der Waals surface area contributed by atoms with Gasteiger partial charge in [0.15, 0.2) is 28.8 Å². The average Bonchev–Trinajstić information content (AvgIpc) is 2.93. The van der Waals surface area contributed by atoms with Crippen LogP contribution in [0, 0.1) is 0 Å². The summed E-state index contributed by atoms with van der Waals surface area (Å²) in [7, 11) is 3.02. The summed E-state index contributed by atoms with van der Waals surface area (Å²) in [5, 5.41) is 3.51. The molecule has 0 unspecified atom stereocenters. The number of methoxy groups -OCH3 is 2. The SMILES string of the molecule is COc1ccc(NC(=O)Cn2cc(C(=O)c3ccc(Cl)cc3)c(=O)c3cc4c(cc32)OCCO4)cc1OC. The van der Waals surface area contributed by atoms with Crippen LogP contribution < -0.4 is 29.7 Å². The Morgan fingerprint density at radius 3 is 2.32 bits per heavy atom. The van der Waals surface area contributed by atoms with Gasteiger partial charge < -0.3 is 28.8 Å². The molecule has 0 aliphatic carbocycles. The van der Waals surface area contributed by atoms with Crippen molar-refractivity contribution in [1.82, 2.24) is 4.57 Å². The molecule has 1 aliphatic rings. The van der Waals surface area contributed by atoms with Crippen LogP contribution in [0.2, 0.25) is 5.02 Å². The molecule has 0 radical (unpaired) electrons. The van der Waals surface area contributed by atoms with Gasteiger partial charge in [-0.1, -0.05) is 11.6 Å². The molecule has 4 aromatic rings. The van der Waals surface area contributed by atoms with E-state index in [1.54, 1.807) is 59.2 Å². The van der Waals surface area contributed by atoms with E-state index >= 15 is 0 Å². The van der Waals surface area contributed by atoms with Crippen LogP contribution >= 0.6 is 11.6 Å². The van der Waals surface area contributed by atoms with E-state index < -0.39 is 11.2 Å². The highest BCUT2D eigenvalue weighted by Crippen LogP contribution is 2.34. The number of nitrogens with one attached hydrogen (secondary N) is 1. The molecule has 1 amide bonds. The number of fused-ring (bicyclic) bond motifs is 2.